The van der Waals surface area contributed by atoms with E-state index in [0.29, 0.717) is 22.9 Å². The number of rotatable bonds is 4. The van der Waals surface area contributed by atoms with Crippen LogP contribution in [-0.4, -0.2) is 33.1 Å². The third-order valence-electron chi connectivity index (χ3n) is 4.10. The van der Waals surface area contributed by atoms with Gasteiger partial charge in [0.15, 0.2) is 5.82 Å². The van der Waals surface area contributed by atoms with Crippen molar-refractivity contribution >= 4 is 23.4 Å². The number of aromatic nitrogens is 4. The molecule has 0 bridgehead atoms. The normalized spacial score (nSPS) is 11.3. The van der Waals surface area contributed by atoms with Crippen LogP contribution in [0.3, 0.4) is 0 Å². The molecule has 3 aromatic rings. The van der Waals surface area contributed by atoms with Crippen molar-refractivity contribution < 1.29 is 9.32 Å². The summed E-state index contributed by atoms with van der Waals surface area (Å²) in [7, 11) is 1.60. The van der Waals surface area contributed by atoms with E-state index in [1.165, 1.54) is 6.20 Å². The molecular formula is C19H23N7O2. The fourth-order valence-electron chi connectivity index (χ4n) is 2.52. The number of nitrogens with one attached hydrogen (secondary N) is 2. The number of hydrogen-bond acceptors (Lipinski definition) is 8. The number of benzene rings is 1. The first-order valence-electron chi connectivity index (χ1n) is 8.76. The second kappa shape index (κ2) is 7.26. The molecular weight excluding hydrogens is 358 g/mol. The van der Waals surface area contributed by atoms with Crippen LogP contribution in [0, 0.1) is 6.92 Å². The van der Waals surface area contributed by atoms with Crippen molar-refractivity contribution in [1.29, 1.82) is 0 Å². The first kappa shape index (κ1) is 19.3. The predicted molar refractivity (Wildman–Crippen MR) is 106 cm³/mol. The smallest absolute Gasteiger partial charge is 0.263 e. The molecule has 0 unspecified atom stereocenters. The minimum atomic E-state index is -0.239. The topological polar surface area (TPSA) is 132 Å². The molecule has 2 aromatic heterocycles. The molecule has 0 aliphatic carbocycles. The molecule has 9 heteroatoms. The monoisotopic (exact) mass is 381 g/mol. The van der Waals surface area contributed by atoms with Crippen molar-refractivity contribution in [3.05, 3.63) is 41.3 Å². The van der Waals surface area contributed by atoms with Crippen LogP contribution in [0.1, 0.15) is 42.5 Å². The Morgan fingerprint density at radius 1 is 1.21 bits per heavy atom. The highest BCUT2D eigenvalue weighted by molar-refractivity contribution is 5.95. The lowest BCUT2D eigenvalue weighted by Gasteiger charge is -2.11. The van der Waals surface area contributed by atoms with E-state index in [0.717, 1.165) is 11.3 Å². The van der Waals surface area contributed by atoms with Crippen molar-refractivity contribution in [3.63, 3.8) is 0 Å². The highest BCUT2D eigenvalue weighted by Gasteiger charge is 2.23. The van der Waals surface area contributed by atoms with Gasteiger partial charge in [-0.25, -0.2) is 4.98 Å². The minimum Gasteiger partial charge on any atom is -0.383 e. The van der Waals surface area contributed by atoms with E-state index in [4.69, 9.17) is 10.3 Å². The summed E-state index contributed by atoms with van der Waals surface area (Å²) < 4.78 is 5.30. The van der Waals surface area contributed by atoms with Gasteiger partial charge in [0, 0.05) is 29.9 Å². The Balaban J connectivity index is 1.82. The number of nitrogen functional groups attached to an aromatic ring is 1. The van der Waals surface area contributed by atoms with Gasteiger partial charge in [0.1, 0.15) is 11.4 Å². The SMILES string of the molecule is CNC(=O)c1ccc(Nc2ncc(-c3nc(C(C)(C)C)no3)c(N)n2)cc1C. The number of carbonyl (C=O) groups excluding carboxylic acids is 1. The molecule has 28 heavy (non-hydrogen) atoms. The Kier molecular flexibility index (Phi) is 5.00. The van der Waals surface area contributed by atoms with Crippen molar-refractivity contribution in [3.8, 4) is 11.5 Å². The maximum absolute atomic E-state index is 11.8. The van der Waals surface area contributed by atoms with Crippen molar-refractivity contribution in [2.75, 3.05) is 18.1 Å². The summed E-state index contributed by atoms with van der Waals surface area (Å²) in [5.41, 5.74) is 8.47. The Morgan fingerprint density at radius 2 is 1.96 bits per heavy atom. The van der Waals surface area contributed by atoms with Gasteiger partial charge in [-0.05, 0) is 30.7 Å². The number of nitrogens with two attached hydrogens (primary N) is 1. The molecule has 1 aromatic carbocycles. The second-order valence-electron chi connectivity index (χ2n) is 7.40. The summed E-state index contributed by atoms with van der Waals surface area (Å²) in [6, 6.07) is 5.35. The largest absolute Gasteiger partial charge is 0.383 e. The highest BCUT2D eigenvalue weighted by Crippen LogP contribution is 2.27. The lowest BCUT2D eigenvalue weighted by atomic mass is 9.96. The molecule has 0 saturated carbocycles. The first-order chi connectivity index (χ1) is 13.2. The van der Waals surface area contributed by atoms with Gasteiger partial charge in [0.05, 0.1) is 0 Å². The Bertz CT molecular complexity index is 1020. The van der Waals surface area contributed by atoms with Gasteiger partial charge in [-0.3, -0.25) is 4.79 Å². The summed E-state index contributed by atoms with van der Waals surface area (Å²) >= 11 is 0. The number of aryl methyl sites for hydroxylation is 1. The molecule has 146 valence electrons. The van der Waals surface area contributed by atoms with Gasteiger partial charge >= 0.3 is 0 Å². The lowest BCUT2D eigenvalue weighted by Crippen LogP contribution is -2.18. The molecule has 4 N–H and O–H groups in total. The van der Waals surface area contributed by atoms with Crippen LogP contribution in [-0.2, 0) is 5.41 Å². The fraction of sp³-hybridized carbons (Fsp3) is 0.316. The van der Waals surface area contributed by atoms with Gasteiger partial charge in [-0.1, -0.05) is 25.9 Å². The number of nitrogens with zero attached hydrogens (tertiary/aromatic N) is 4. The summed E-state index contributed by atoms with van der Waals surface area (Å²) in [4.78, 5) is 24.7. The van der Waals surface area contributed by atoms with E-state index < -0.39 is 0 Å². The molecule has 0 spiro atoms. The van der Waals surface area contributed by atoms with E-state index in [1.807, 2.05) is 33.8 Å². The van der Waals surface area contributed by atoms with Gasteiger partial charge < -0.3 is 20.9 Å². The van der Waals surface area contributed by atoms with E-state index in [9.17, 15) is 4.79 Å². The van der Waals surface area contributed by atoms with E-state index in [-0.39, 0.29) is 23.0 Å². The number of amides is 1. The summed E-state index contributed by atoms with van der Waals surface area (Å²) in [6.45, 7) is 7.83. The fourth-order valence-corrected chi connectivity index (χ4v) is 2.52. The van der Waals surface area contributed by atoms with Crippen LogP contribution >= 0.6 is 0 Å². The average Bonchev–Trinajstić information content (AvgIpc) is 3.11. The van der Waals surface area contributed by atoms with Crippen LogP contribution in [0.4, 0.5) is 17.5 Å². The third-order valence-corrected chi connectivity index (χ3v) is 4.10. The van der Waals surface area contributed by atoms with Gasteiger partial charge in [-0.2, -0.15) is 9.97 Å². The van der Waals surface area contributed by atoms with Crippen LogP contribution in [0.25, 0.3) is 11.5 Å². The van der Waals surface area contributed by atoms with E-state index in [2.05, 4.69) is 30.7 Å². The molecule has 2 heterocycles. The Morgan fingerprint density at radius 3 is 2.54 bits per heavy atom. The molecule has 0 atom stereocenters. The first-order valence-corrected chi connectivity index (χ1v) is 8.76. The van der Waals surface area contributed by atoms with Gasteiger partial charge in [0.25, 0.3) is 11.8 Å². The van der Waals surface area contributed by atoms with E-state index in [1.54, 1.807) is 19.2 Å². The average molecular weight is 381 g/mol. The van der Waals surface area contributed by atoms with Crippen molar-refractivity contribution in [1.82, 2.24) is 25.4 Å². The molecule has 0 saturated heterocycles. The zero-order chi connectivity index (χ0) is 20.5. The molecule has 0 aliphatic heterocycles. The summed E-state index contributed by atoms with van der Waals surface area (Å²) in [5, 5.41) is 9.68. The molecule has 0 radical (unpaired) electrons. The van der Waals surface area contributed by atoms with Gasteiger partial charge in [-0.15, -0.1) is 0 Å². The highest BCUT2D eigenvalue weighted by atomic mass is 16.5. The van der Waals surface area contributed by atoms with Crippen LogP contribution in [0.2, 0.25) is 0 Å². The second-order valence-corrected chi connectivity index (χ2v) is 7.40. The number of carbonyl (C=O) groups is 1. The molecule has 9 nitrogen and oxygen atoms in total. The van der Waals surface area contributed by atoms with Crippen molar-refractivity contribution in [2.24, 2.45) is 0 Å². The molecule has 0 aliphatic rings. The Hall–Kier alpha value is -3.49. The van der Waals surface area contributed by atoms with Crippen molar-refractivity contribution in [2.45, 2.75) is 33.1 Å². The Labute approximate surface area is 162 Å². The zero-order valence-corrected chi connectivity index (χ0v) is 16.5. The third kappa shape index (κ3) is 3.93. The standard InChI is InChI=1S/C19H23N7O2/c1-10-8-11(6-7-12(10)15(27)21-5)23-18-22-9-13(14(20)24-18)16-25-17(26-28-16)19(2,3)4/h6-9H,1-5H3,(H,21,27)(H3,20,22,23,24). The van der Waals surface area contributed by atoms with E-state index >= 15 is 0 Å². The summed E-state index contributed by atoms with van der Waals surface area (Å²) in [6.07, 6.45) is 1.54. The molecule has 0 fully saturated rings. The van der Waals surface area contributed by atoms with Crippen LogP contribution in [0.15, 0.2) is 28.9 Å². The number of hydrogen-bond donors (Lipinski definition) is 3. The van der Waals surface area contributed by atoms with Crippen LogP contribution in [0.5, 0.6) is 0 Å². The maximum atomic E-state index is 11.8. The quantitative estimate of drug-likeness (QED) is 0.628. The predicted octanol–water partition coefficient (Wildman–Crippen LogP) is 2.82. The maximum Gasteiger partial charge on any atom is 0.263 e. The molecule has 3 rings (SSSR count). The minimum absolute atomic E-state index is 0.136. The lowest BCUT2D eigenvalue weighted by molar-refractivity contribution is 0.0962. The molecule has 1 amide bonds. The van der Waals surface area contributed by atoms with Gasteiger partial charge in [0.2, 0.25) is 5.95 Å². The summed E-state index contributed by atoms with van der Waals surface area (Å²) in [5.74, 6) is 1.27. The number of anilines is 3. The zero-order valence-electron chi connectivity index (χ0n) is 16.5. The van der Waals surface area contributed by atoms with Crippen LogP contribution < -0.4 is 16.4 Å².